The van der Waals surface area contributed by atoms with Crippen LogP contribution in [0.3, 0.4) is 0 Å². The van der Waals surface area contributed by atoms with Crippen molar-refractivity contribution in [1.29, 1.82) is 0 Å². The largest absolute Gasteiger partial charge is 0.352 e. The first-order valence-corrected chi connectivity index (χ1v) is 0.781. The Kier molecular flexibility index (Phi) is 244. The summed E-state index contributed by atoms with van der Waals surface area (Å²) in [7, 11) is 0. The molecular formula is CH7BCuFeMnMoN2OZn. The van der Waals surface area contributed by atoms with E-state index in [4.69, 9.17) is 4.79 Å². The summed E-state index contributed by atoms with van der Waals surface area (Å²) in [4.78, 5) is 9.00. The fraction of sp³-hybridized carbons (Fsp3) is 0. The molecule has 0 aromatic heterocycles. The Morgan fingerprint density at radius 1 is 1.20 bits per heavy atom. The van der Waals surface area contributed by atoms with E-state index in [-0.39, 0.29) is 100 Å². The van der Waals surface area contributed by atoms with E-state index in [1.807, 2.05) is 0 Å². The van der Waals surface area contributed by atoms with E-state index >= 15 is 0 Å². The van der Waals surface area contributed by atoms with E-state index in [0.29, 0.717) is 0 Å². The Hall–Kier alpha value is 2.21. The summed E-state index contributed by atoms with van der Waals surface area (Å²) in [6.45, 7) is 0. The van der Waals surface area contributed by atoms with Crippen molar-refractivity contribution in [3.63, 3.8) is 0 Å². The number of primary amides is 2. The molecule has 0 aromatic carbocycles. The molecule has 0 atom stereocenters. The van der Waals surface area contributed by atoms with Gasteiger partial charge in [-0.2, -0.15) is 0 Å². The minimum absolute atomic E-state index is 0. The number of urea groups is 1. The van der Waals surface area contributed by atoms with E-state index < -0.39 is 6.03 Å². The van der Waals surface area contributed by atoms with E-state index in [2.05, 4.69) is 11.5 Å². The molecule has 0 aliphatic carbocycles. The van der Waals surface area contributed by atoms with Crippen LogP contribution in [0.15, 0.2) is 0 Å². The molecule has 2 amide bonds. The summed E-state index contributed by atoms with van der Waals surface area (Å²) in [5.41, 5.74) is 8.50. The topological polar surface area (TPSA) is 69.1 Å². The van der Waals surface area contributed by atoms with Crippen LogP contribution in [0.4, 0.5) is 4.79 Å². The third-order valence-electron chi connectivity index (χ3n) is 0. The Bertz CT molecular complexity index is 54.2. The van der Waals surface area contributed by atoms with E-state index in [1.54, 1.807) is 0 Å². The van der Waals surface area contributed by atoms with Crippen molar-refractivity contribution < 1.29 is 96.5 Å². The molecule has 10 heavy (non-hydrogen) atoms. The van der Waals surface area contributed by atoms with Crippen LogP contribution >= 0.6 is 0 Å². The van der Waals surface area contributed by atoms with Crippen LogP contribution < -0.4 is 11.5 Å². The number of hydrogen-bond acceptors (Lipinski definition) is 1. The van der Waals surface area contributed by atoms with Crippen molar-refractivity contribution in [3.05, 3.63) is 0 Å². The standard InChI is InChI=1S/CH4N2O.BH3.Cu.Fe.Mn.Mo.Zn/c2-1(3)4;;;;;;/h(H4,2,3,4);1H3;;;;;. The first-order chi connectivity index (χ1) is 1.73. The zero-order valence-electron chi connectivity index (χ0n) is 4.21. The van der Waals surface area contributed by atoms with Gasteiger partial charge in [0, 0.05) is 91.7 Å². The van der Waals surface area contributed by atoms with Crippen molar-refractivity contribution in [2.24, 2.45) is 11.5 Å². The number of carbonyl (C=O) groups is 1. The number of amides is 2. The van der Waals surface area contributed by atoms with Crippen LogP contribution in [0.1, 0.15) is 0 Å². The molecule has 0 saturated heterocycles. The summed E-state index contributed by atoms with van der Waals surface area (Å²) >= 11 is 0. The molecule has 0 saturated carbocycles. The van der Waals surface area contributed by atoms with Gasteiger partial charge in [0.15, 0.2) is 0 Å². The molecule has 0 fully saturated rings. The van der Waals surface area contributed by atoms with Gasteiger partial charge in [0.2, 0.25) is 0 Å². The third kappa shape index (κ3) is 178. The van der Waals surface area contributed by atoms with Gasteiger partial charge in [0.25, 0.3) is 0 Å². The van der Waals surface area contributed by atoms with Crippen molar-refractivity contribution >= 4 is 14.4 Å². The SMILES string of the molecule is B.NC(N)=O.[Cu].[Fe].[Mn].[Mo].[Zn]. The van der Waals surface area contributed by atoms with Gasteiger partial charge in [0.1, 0.15) is 0 Å². The zero-order chi connectivity index (χ0) is 3.58. The molecule has 64 valence electrons. The monoisotopic (exact) mass is 410 g/mol. The van der Waals surface area contributed by atoms with E-state index in [0.717, 1.165) is 0 Å². The molecule has 0 bridgehead atoms. The molecule has 4 N–H and O–H groups in total. The third-order valence-corrected chi connectivity index (χ3v) is 0. The second-order valence-electron chi connectivity index (χ2n) is 0.402. The molecular weight excluding hydrogens is 402 g/mol. The van der Waals surface area contributed by atoms with Crippen LogP contribution in [0.5, 0.6) is 0 Å². The van der Waals surface area contributed by atoms with E-state index in [9.17, 15) is 0 Å². The second kappa shape index (κ2) is 43.1. The average molecular weight is 410 g/mol. The van der Waals surface area contributed by atoms with Crippen molar-refractivity contribution in [2.75, 3.05) is 0 Å². The fourth-order valence-electron chi connectivity index (χ4n) is 0. The maximum absolute atomic E-state index is 9.00. The molecule has 0 aliphatic heterocycles. The second-order valence-corrected chi connectivity index (χ2v) is 0.402. The van der Waals surface area contributed by atoms with Gasteiger partial charge in [-0.15, -0.1) is 0 Å². The Labute approximate surface area is 121 Å². The number of hydrogen-bond donors (Lipinski definition) is 2. The Morgan fingerprint density at radius 2 is 1.20 bits per heavy atom. The average Bonchev–Trinajstić information content (AvgIpc) is 0.811. The molecule has 2 radical (unpaired) electrons. The van der Waals surface area contributed by atoms with Crippen molar-refractivity contribution in [3.8, 4) is 0 Å². The van der Waals surface area contributed by atoms with Gasteiger partial charge in [-0.1, -0.05) is 0 Å². The van der Waals surface area contributed by atoms with Gasteiger partial charge in [0.05, 0.1) is 8.41 Å². The Balaban J connectivity index is -0.00000000300. The molecule has 0 aromatic rings. The van der Waals surface area contributed by atoms with Gasteiger partial charge in [-0.05, 0) is 0 Å². The van der Waals surface area contributed by atoms with Crippen LogP contribution in [-0.2, 0) is 91.7 Å². The van der Waals surface area contributed by atoms with Crippen molar-refractivity contribution in [1.82, 2.24) is 0 Å². The van der Waals surface area contributed by atoms with Crippen molar-refractivity contribution in [2.45, 2.75) is 0 Å². The summed E-state index contributed by atoms with van der Waals surface area (Å²) in [6, 6.07) is -0.833. The first-order valence-electron chi connectivity index (χ1n) is 0.781. The normalized spacial score (nSPS) is 2.40. The maximum Gasteiger partial charge on any atom is 0.309 e. The smallest absolute Gasteiger partial charge is 0.309 e. The van der Waals surface area contributed by atoms with Gasteiger partial charge in [-0.3, -0.25) is 0 Å². The predicted molar refractivity (Wildman–Crippen MR) is 23.7 cm³/mol. The molecule has 9 heteroatoms. The molecule has 0 spiro atoms. The van der Waals surface area contributed by atoms with Crippen LogP contribution in [0.25, 0.3) is 0 Å². The number of nitrogens with two attached hydrogens (primary N) is 2. The molecule has 0 rings (SSSR count). The van der Waals surface area contributed by atoms with Gasteiger partial charge >= 0.3 is 6.03 Å². The van der Waals surface area contributed by atoms with Gasteiger partial charge in [-0.25, -0.2) is 4.79 Å². The molecule has 0 heterocycles. The van der Waals surface area contributed by atoms with E-state index in [1.165, 1.54) is 0 Å². The molecule has 0 unspecified atom stereocenters. The van der Waals surface area contributed by atoms with Crippen LogP contribution in [0.2, 0.25) is 0 Å². The van der Waals surface area contributed by atoms with Gasteiger partial charge < -0.3 is 11.5 Å². The molecule has 0 aliphatic rings. The minimum atomic E-state index is -0.833. The van der Waals surface area contributed by atoms with Crippen LogP contribution in [0, 0.1) is 0 Å². The van der Waals surface area contributed by atoms with Crippen LogP contribution in [-0.4, -0.2) is 14.4 Å². The summed E-state index contributed by atoms with van der Waals surface area (Å²) < 4.78 is 0. The molecule has 3 nitrogen and oxygen atoms in total. The first kappa shape index (κ1) is 56.6. The fourth-order valence-corrected chi connectivity index (χ4v) is 0. The quantitative estimate of drug-likeness (QED) is 0.439. The maximum atomic E-state index is 9.00. The number of carbonyl (C=O) groups excluding carboxylic acids is 1. The number of rotatable bonds is 0. The Morgan fingerprint density at radius 3 is 1.20 bits per heavy atom. The summed E-state index contributed by atoms with van der Waals surface area (Å²) in [5, 5.41) is 0. The zero-order valence-corrected chi connectivity index (χ0v) is 12.4. The summed E-state index contributed by atoms with van der Waals surface area (Å²) in [5.74, 6) is 0. The summed E-state index contributed by atoms with van der Waals surface area (Å²) in [6.07, 6.45) is 0. The minimum Gasteiger partial charge on any atom is -0.352 e. The predicted octanol–water partition coefficient (Wildman–Crippen LogP) is -2.17.